The van der Waals surface area contributed by atoms with Crippen molar-refractivity contribution in [3.05, 3.63) is 65.4 Å². The zero-order chi connectivity index (χ0) is 14.1. The minimum atomic E-state index is -1.04. The molecule has 0 spiro atoms. The maximum Gasteiger partial charge on any atom is 0.355 e. The number of benzene rings is 2. The van der Waals surface area contributed by atoms with E-state index in [0.29, 0.717) is 10.6 Å². The molecule has 3 rings (SSSR count). The lowest BCUT2D eigenvalue weighted by Crippen LogP contribution is -2.02. The van der Waals surface area contributed by atoms with Crippen LogP contribution in [0.2, 0.25) is 5.02 Å². The first-order chi connectivity index (χ1) is 9.68. The van der Waals surface area contributed by atoms with Gasteiger partial charge in [-0.05, 0) is 23.1 Å². The molecule has 0 saturated heterocycles. The van der Waals surface area contributed by atoms with E-state index in [2.05, 4.69) is 4.98 Å². The standard InChI is InChI=1S/C16H10ClNO2/c17-14-8-7-11(10-4-1-2-5-12(10)14)13-6-3-9-18-15(13)16(19)20/h1-9H,(H,19,20). The number of nitrogens with zero attached hydrogens (tertiary/aromatic N) is 1. The molecule has 0 saturated carbocycles. The van der Waals surface area contributed by atoms with Crippen LogP contribution in [0.15, 0.2) is 54.7 Å². The maximum absolute atomic E-state index is 11.3. The number of fused-ring (bicyclic) bond motifs is 1. The molecule has 4 heteroatoms. The highest BCUT2D eigenvalue weighted by Crippen LogP contribution is 2.34. The first kappa shape index (κ1) is 12.6. The summed E-state index contributed by atoms with van der Waals surface area (Å²) < 4.78 is 0. The number of hydrogen-bond acceptors (Lipinski definition) is 2. The fourth-order valence-electron chi connectivity index (χ4n) is 2.29. The van der Waals surface area contributed by atoms with Crippen LogP contribution in [0.4, 0.5) is 0 Å². The lowest BCUT2D eigenvalue weighted by atomic mass is 9.97. The van der Waals surface area contributed by atoms with Crippen LogP contribution in [-0.4, -0.2) is 16.1 Å². The van der Waals surface area contributed by atoms with Gasteiger partial charge in [0.2, 0.25) is 0 Å². The normalized spacial score (nSPS) is 10.7. The number of carbonyl (C=O) groups is 1. The Bertz CT molecular complexity index is 814. The van der Waals surface area contributed by atoms with Gasteiger partial charge in [-0.2, -0.15) is 0 Å². The molecule has 0 aliphatic rings. The first-order valence-electron chi connectivity index (χ1n) is 6.04. The van der Waals surface area contributed by atoms with Crippen molar-refractivity contribution in [2.45, 2.75) is 0 Å². The molecule has 0 bridgehead atoms. The summed E-state index contributed by atoms with van der Waals surface area (Å²) in [6.07, 6.45) is 1.48. The Morgan fingerprint density at radius 1 is 0.950 bits per heavy atom. The molecule has 1 heterocycles. The van der Waals surface area contributed by atoms with E-state index in [1.165, 1.54) is 6.20 Å². The van der Waals surface area contributed by atoms with E-state index in [-0.39, 0.29) is 5.69 Å². The van der Waals surface area contributed by atoms with Crippen molar-refractivity contribution >= 4 is 28.3 Å². The second kappa shape index (κ2) is 4.94. The number of pyridine rings is 1. The molecule has 1 aromatic heterocycles. The minimum Gasteiger partial charge on any atom is -0.476 e. The monoisotopic (exact) mass is 283 g/mol. The molecular weight excluding hydrogens is 274 g/mol. The van der Waals surface area contributed by atoms with Gasteiger partial charge in [-0.1, -0.05) is 48.0 Å². The van der Waals surface area contributed by atoms with Gasteiger partial charge in [0.1, 0.15) is 0 Å². The van der Waals surface area contributed by atoms with E-state index in [4.69, 9.17) is 11.6 Å². The average molecular weight is 284 g/mol. The van der Waals surface area contributed by atoms with Crippen molar-refractivity contribution < 1.29 is 9.90 Å². The second-order valence-electron chi connectivity index (χ2n) is 4.35. The van der Waals surface area contributed by atoms with Crippen molar-refractivity contribution in [3.8, 4) is 11.1 Å². The number of halogens is 1. The Balaban J connectivity index is 2.37. The average Bonchev–Trinajstić information content (AvgIpc) is 2.48. The van der Waals surface area contributed by atoms with Crippen LogP contribution in [0.25, 0.3) is 21.9 Å². The molecule has 3 nitrogen and oxygen atoms in total. The third kappa shape index (κ3) is 2.02. The van der Waals surface area contributed by atoms with Crippen molar-refractivity contribution in [3.63, 3.8) is 0 Å². The summed E-state index contributed by atoms with van der Waals surface area (Å²) in [4.78, 5) is 15.3. The second-order valence-corrected chi connectivity index (χ2v) is 4.75. The summed E-state index contributed by atoms with van der Waals surface area (Å²) in [5, 5.41) is 11.7. The first-order valence-corrected chi connectivity index (χ1v) is 6.42. The molecule has 0 atom stereocenters. The van der Waals surface area contributed by atoms with Crippen LogP contribution >= 0.6 is 11.6 Å². The smallest absolute Gasteiger partial charge is 0.355 e. The van der Waals surface area contributed by atoms with Crippen molar-refractivity contribution in [2.24, 2.45) is 0 Å². The summed E-state index contributed by atoms with van der Waals surface area (Å²) in [5.41, 5.74) is 1.45. The zero-order valence-electron chi connectivity index (χ0n) is 10.4. The van der Waals surface area contributed by atoms with Gasteiger partial charge in [0.25, 0.3) is 0 Å². The molecule has 1 N–H and O–H groups in total. The molecular formula is C16H10ClNO2. The van der Waals surface area contributed by atoms with E-state index in [9.17, 15) is 9.90 Å². The highest BCUT2D eigenvalue weighted by Gasteiger charge is 2.15. The Kier molecular flexibility index (Phi) is 3.12. The van der Waals surface area contributed by atoms with E-state index < -0.39 is 5.97 Å². The Morgan fingerprint density at radius 2 is 1.70 bits per heavy atom. The highest BCUT2D eigenvalue weighted by atomic mass is 35.5. The van der Waals surface area contributed by atoms with Gasteiger partial charge in [0, 0.05) is 22.2 Å². The molecule has 0 amide bonds. The molecule has 98 valence electrons. The van der Waals surface area contributed by atoms with Crippen LogP contribution in [0.3, 0.4) is 0 Å². The van der Waals surface area contributed by atoms with Gasteiger partial charge in [-0.25, -0.2) is 9.78 Å². The Morgan fingerprint density at radius 3 is 2.45 bits per heavy atom. The topological polar surface area (TPSA) is 50.2 Å². The summed E-state index contributed by atoms with van der Waals surface area (Å²) in [6.45, 7) is 0. The van der Waals surface area contributed by atoms with Gasteiger partial charge in [0.05, 0.1) is 0 Å². The van der Waals surface area contributed by atoms with Crippen molar-refractivity contribution in [1.82, 2.24) is 4.98 Å². The largest absolute Gasteiger partial charge is 0.476 e. The molecule has 0 unspecified atom stereocenters. The fourth-order valence-corrected chi connectivity index (χ4v) is 2.52. The van der Waals surface area contributed by atoms with Crippen LogP contribution in [-0.2, 0) is 0 Å². The number of aromatic nitrogens is 1. The predicted molar refractivity (Wildman–Crippen MR) is 79.1 cm³/mol. The Labute approximate surface area is 120 Å². The Hall–Kier alpha value is -2.39. The third-order valence-corrected chi connectivity index (χ3v) is 3.50. The zero-order valence-corrected chi connectivity index (χ0v) is 11.1. The van der Waals surface area contributed by atoms with E-state index in [1.54, 1.807) is 18.2 Å². The lowest BCUT2D eigenvalue weighted by molar-refractivity contribution is 0.0691. The van der Waals surface area contributed by atoms with Crippen LogP contribution in [0, 0.1) is 0 Å². The lowest BCUT2D eigenvalue weighted by Gasteiger charge is -2.10. The van der Waals surface area contributed by atoms with Gasteiger partial charge >= 0.3 is 5.97 Å². The van der Waals surface area contributed by atoms with Gasteiger partial charge in [-0.15, -0.1) is 0 Å². The summed E-state index contributed by atoms with van der Waals surface area (Å²) >= 11 is 6.19. The van der Waals surface area contributed by atoms with Crippen LogP contribution in [0.1, 0.15) is 10.5 Å². The molecule has 0 fully saturated rings. The molecule has 0 aliphatic carbocycles. The van der Waals surface area contributed by atoms with Gasteiger partial charge < -0.3 is 5.11 Å². The number of carboxylic acids is 1. The quantitative estimate of drug-likeness (QED) is 0.765. The van der Waals surface area contributed by atoms with Crippen LogP contribution < -0.4 is 0 Å². The number of carboxylic acid groups (broad SMARTS) is 1. The molecule has 3 aromatic rings. The third-order valence-electron chi connectivity index (χ3n) is 3.17. The van der Waals surface area contributed by atoms with E-state index >= 15 is 0 Å². The SMILES string of the molecule is O=C(O)c1ncccc1-c1ccc(Cl)c2ccccc12. The number of aromatic carboxylic acids is 1. The molecule has 20 heavy (non-hydrogen) atoms. The maximum atomic E-state index is 11.3. The number of rotatable bonds is 2. The minimum absolute atomic E-state index is 0.0416. The summed E-state index contributed by atoms with van der Waals surface area (Å²) in [5.74, 6) is -1.04. The fraction of sp³-hybridized carbons (Fsp3) is 0. The predicted octanol–water partition coefficient (Wildman–Crippen LogP) is 4.25. The van der Waals surface area contributed by atoms with Gasteiger partial charge in [0.15, 0.2) is 5.69 Å². The molecule has 0 radical (unpaired) electrons. The molecule has 2 aromatic carbocycles. The molecule has 0 aliphatic heterocycles. The number of hydrogen-bond donors (Lipinski definition) is 1. The highest BCUT2D eigenvalue weighted by molar-refractivity contribution is 6.36. The van der Waals surface area contributed by atoms with Crippen molar-refractivity contribution in [1.29, 1.82) is 0 Å². The van der Waals surface area contributed by atoms with Crippen LogP contribution in [0.5, 0.6) is 0 Å². The van der Waals surface area contributed by atoms with Crippen molar-refractivity contribution in [2.75, 3.05) is 0 Å². The summed E-state index contributed by atoms with van der Waals surface area (Å²) in [6, 6.07) is 14.7. The van der Waals surface area contributed by atoms with Gasteiger partial charge in [-0.3, -0.25) is 0 Å². The summed E-state index contributed by atoms with van der Waals surface area (Å²) in [7, 11) is 0. The van der Waals surface area contributed by atoms with E-state index in [1.807, 2.05) is 30.3 Å². The van der Waals surface area contributed by atoms with E-state index in [0.717, 1.165) is 16.3 Å².